The van der Waals surface area contributed by atoms with Crippen LogP contribution in [0.4, 0.5) is 4.39 Å². The number of rotatable bonds is 5. The van der Waals surface area contributed by atoms with Gasteiger partial charge in [-0.3, -0.25) is 4.79 Å². The van der Waals surface area contributed by atoms with Crippen molar-refractivity contribution >= 4 is 34.0 Å². The lowest BCUT2D eigenvalue weighted by atomic mass is 9.99. The number of nitrogens with one attached hydrogen (secondary N) is 1. The van der Waals surface area contributed by atoms with Crippen molar-refractivity contribution in [3.8, 4) is 5.75 Å². The largest absolute Gasteiger partial charge is 0.493 e. The summed E-state index contributed by atoms with van der Waals surface area (Å²) in [6.07, 6.45) is 5.07. The quantitative estimate of drug-likeness (QED) is 0.654. The molecular weight excluding hydrogens is 379 g/mol. The number of carbonyl (C=O) groups is 1. The van der Waals surface area contributed by atoms with Gasteiger partial charge in [-0.25, -0.2) is 4.39 Å². The lowest BCUT2D eigenvalue weighted by Gasteiger charge is -2.26. The summed E-state index contributed by atoms with van der Waals surface area (Å²) in [6.45, 7) is 1.55. The third-order valence-electron chi connectivity index (χ3n) is 4.93. The predicted octanol–water partition coefficient (Wildman–Crippen LogP) is 5.05. The molecule has 0 fully saturated rings. The molecule has 0 saturated heterocycles. The zero-order valence-corrected chi connectivity index (χ0v) is 16.0. The van der Waals surface area contributed by atoms with Crippen molar-refractivity contribution in [1.82, 2.24) is 9.88 Å². The van der Waals surface area contributed by atoms with Crippen LogP contribution in [0.5, 0.6) is 5.75 Å². The van der Waals surface area contributed by atoms with E-state index in [1.807, 2.05) is 23.2 Å². The summed E-state index contributed by atoms with van der Waals surface area (Å²) in [4.78, 5) is 17.4. The van der Waals surface area contributed by atoms with Gasteiger partial charge >= 0.3 is 0 Å². The highest BCUT2D eigenvalue weighted by atomic mass is 35.5. The van der Waals surface area contributed by atoms with Gasteiger partial charge in [0.05, 0.1) is 13.0 Å². The molecule has 28 heavy (non-hydrogen) atoms. The van der Waals surface area contributed by atoms with Crippen molar-refractivity contribution in [3.05, 3.63) is 71.1 Å². The molecule has 1 amide bonds. The Morgan fingerprint density at radius 3 is 2.93 bits per heavy atom. The molecule has 1 aliphatic rings. The Bertz CT molecular complexity index is 1040. The first-order valence-electron chi connectivity index (χ1n) is 9.22. The Kier molecular flexibility index (Phi) is 5.35. The Hall–Kier alpha value is -2.79. The van der Waals surface area contributed by atoms with Gasteiger partial charge in [0.2, 0.25) is 5.91 Å². The van der Waals surface area contributed by atoms with E-state index in [0.29, 0.717) is 36.9 Å². The summed E-state index contributed by atoms with van der Waals surface area (Å²) in [5.74, 6) is 0.477. The number of hydrogen-bond donors (Lipinski definition) is 1. The molecule has 0 atom stereocenters. The summed E-state index contributed by atoms with van der Waals surface area (Å²) in [5.41, 5.74) is 3.04. The fourth-order valence-corrected chi connectivity index (χ4v) is 3.66. The van der Waals surface area contributed by atoms with E-state index in [1.54, 1.807) is 18.2 Å². The number of ether oxygens (including phenoxy) is 1. The molecule has 2 heterocycles. The number of H-pyrrole nitrogens is 1. The van der Waals surface area contributed by atoms with Gasteiger partial charge in [0.15, 0.2) is 0 Å². The molecule has 0 bridgehead atoms. The molecule has 1 aromatic heterocycles. The van der Waals surface area contributed by atoms with E-state index in [-0.39, 0.29) is 11.7 Å². The highest BCUT2D eigenvalue weighted by Gasteiger charge is 2.19. The summed E-state index contributed by atoms with van der Waals surface area (Å²) in [7, 11) is 0. The first-order valence-corrected chi connectivity index (χ1v) is 9.60. The second kappa shape index (κ2) is 8.07. The van der Waals surface area contributed by atoms with E-state index in [1.165, 1.54) is 17.7 Å². The van der Waals surface area contributed by atoms with Crippen molar-refractivity contribution < 1.29 is 13.9 Å². The highest BCUT2D eigenvalue weighted by molar-refractivity contribution is 6.30. The molecule has 4 nitrogen and oxygen atoms in total. The van der Waals surface area contributed by atoms with E-state index in [0.717, 1.165) is 22.9 Å². The van der Waals surface area contributed by atoms with Crippen LogP contribution in [-0.2, 0) is 4.79 Å². The predicted molar refractivity (Wildman–Crippen MR) is 109 cm³/mol. The third-order valence-corrected chi connectivity index (χ3v) is 5.17. The minimum atomic E-state index is -0.254. The highest BCUT2D eigenvalue weighted by Crippen LogP contribution is 2.29. The molecule has 6 heteroatoms. The fourth-order valence-electron chi connectivity index (χ4n) is 3.48. The normalized spacial score (nSPS) is 14.2. The summed E-state index contributed by atoms with van der Waals surface area (Å²) in [6, 6.07) is 11.9. The fraction of sp³-hybridized carbons (Fsp3) is 0.227. The van der Waals surface area contributed by atoms with E-state index < -0.39 is 0 Å². The lowest BCUT2D eigenvalue weighted by Crippen LogP contribution is -2.35. The molecule has 0 radical (unpaired) electrons. The third kappa shape index (κ3) is 4.04. The average Bonchev–Trinajstić information content (AvgIpc) is 3.11. The van der Waals surface area contributed by atoms with Crippen LogP contribution < -0.4 is 4.74 Å². The van der Waals surface area contributed by atoms with Gasteiger partial charge < -0.3 is 14.6 Å². The smallest absolute Gasteiger partial charge is 0.226 e. The molecule has 0 spiro atoms. The lowest BCUT2D eigenvalue weighted by molar-refractivity contribution is -0.131. The standard InChI is InChI=1S/C22H20ClFN2O2/c23-16-2-1-3-18(12-16)28-11-8-22(27)26-9-6-15(7-10-26)20-14-25-21-13-17(24)4-5-19(20)21/h1-6,12-14,25H,7-11H2. The monoisotopic (exact) mass is 398 g/mol. The molecule has 1 aliphatic heterocycles. The molecule has 0 saturated carbocycles. The molecule has 3 aromatic rings. The van der Waals surface area contributed by atoms with Crippen molar-refractivity contribution in [2.45, 2.75) is 12.8 Å². The van der Waals surface area contributed by atoms with Gasteiger partial charge in [-0.1, -0.05) is 23.7 Å². The first kappa shape index (κ1) is 18.6. The second-order valence-electron chi connectivity index (χ2n) is 6.77. The summed E-state index contributed by atoms with van der Waals surface area (Å²) < 4.78 is 19.0. The summed E-state index contributed by atoms with van der Waals surface area (Å²) >= 11 is 5.93. The van der Waals surface area contributed by atoms with E-state index in [4.69, 9.17) is 16.3 Å². The molecule has 2 aromatic carbocycles. The maximum Gasteiger partial charge on any atom is 0.226 e. The maximum absolute atomic E-state index is 13.4. The van der Waals surface area contributed by atoms with E-state index in [2.05, 4.69) is 11.1 Å². The van der Waals surface area contributed by atoms with Gasteiger partial charge in [0.25, 0.3) is 0 Å². The Morgan fingerprint density at radius 1 is 1.25 bits per heavy atom. The molecule has 1 N–H and O–H groups in total. The molecule has 144 valence electrons. The number of aromatic amines is 1. The van der Waals surface area contributed by atoms with Crippen molar-refractivity contribution in [2.75, 3.05) is 19.7 Å². The zero-order valence-electron chi connectivity index (χ0n) is 15.3. The van der Waals surface area contributed by atoms with Crippen molar-refractivity contribution in [3.63, 3.8) is 0 Å². The average molecular weight is 399 g/mol. The minimum absolute atomic E-state index is 0.0679. The molecule has 4 rings (SSSR count). The van der Waals surface area contributed by atoms with Crippen molar-refractivity contribution in [1.29, 1.82) is 0 Å². The van der Waals surface area contributed by atoms with E-state index >= 15 is 0 Å². The topological polar surface area (TPSA) is 45.3 Å². The number of halogens is 2. The number of benzene rings is 2. The van der Waals surface area contributed by atoms with Gasteiger partial charge in [-0.05, 0) is 48.4 Å². The number of hydrogen-bond acceptors (Lipinski definition) is 2. The number of nitrogens with zero attached hydrogens (tertiary/aromatic N) is 1. The molecular formula is C22H20ClFN2O2. The number of amides is 1. The SMILES string of the molecule is O=C(CCOc1cccc(Cl)c1)N1CC=C(c2c[nH]c3cc(F)ccc23)CC1. The van der Waals surface area contributed by atoms with Gasteiger partial charge in [-0.15, -0.1) is 0 Å². The minimum Gasteiger partial charge on any atom is -0.493 e. The second-order valence-corrected chi connectivity index (χ2v) is 7.20. The van der Waals surface area contributed by atoms with Crippen LogP contribution in [0.15, 0.2) is 54.7 Å². The molecule has 0 unspecified atom stereocenters. The van der Waals surface area contributed by atoms with Crippen LogP contribution in [0, 0.1) is 5.82 Å². The Morgan fingerprint density at radius 2 is 2.14 bits per heavy atom. The van der Waals surface area contributed by atoms with E-state index in [9.17, 15) is 9.18 Å². The van der Waals surface area contributed by atoms with Gasteiger partial charge in [0.1, 0.15) is 11.6 Å². The number of aromatic nitrogens is 1. The molecule has 0 aliphatic carbocycles. The van der Waals surface area contributed by atoms with Crippen LogP contribution in [-0.4, -0.2) is 35.5 Å². The zero-order chi connectivity index (χ0) is 19.5. The van der Waals surface area contributed by atoms with Crippen LogP contribution in [0.25, 0.3) is 16.5 Å². The van der Waals surface area contributed by atoms with Crippen LogP contribution in [0.3, 0.4) is 0 Å². The maximum atomic E-state index is 13.4. The number of fused-ring (bicyclic) bond motifs is 1. The van der Waals surface area contributed by atoms with Crippen LogP contribution in [0.1, 0.15) is 18.4 Å². The number of carbonyl (C=O) groups excluding carboxylic acids is 1. The van der Waals surface area contributed by atoms with Crippen LogP contribution in [0.2, 0.25) is 5.02 Å². The van der Waals surface area contributed by atoms with Gasteiger partial charge in [0, 0.05) is 40.8 Å². The summed E-state index contributed by atoms with van der Waals surface area (Å²) in [5, 5.41) is 1.61. The Balaban J connectivity index is 1.34. The van der Waals surface area contributed by atoms with Crippen molar-refractivity contribution in [2.24, 2.45) is 0 Å². The Labute approximate surface area is 167 Å². The van der Waals surface area contributed by atoms with Gasteiger partial charge in [-0.2, -0.15) is 0 Å². The first-order chi connectivity index (χ1) is 13.6. The van der Waals surface area contributed by atoms with Crippen LogP contribution >= 0.6 is 11.6 Å².